The molecule has 0 aliphatic heterocycles. The third-order valence-electron chi connectivity index (χ3n) is 2.93. The van der Waals surface area contributed by atoms with Crippen molar-refractivity contribution in [2.45, 2.75) is 26.4 Å². The number of ether oxygens (including phenoxy) is 1. The summed E-state index contributed by atoms with van der Waals surface area (Å²) in [6, 6.07) is 7.51. The van der Waals surface area contributed by atoms with E-state index in [0.717, 1.165) is 15.4 Å². The Kier molecular flexibility index (Phi) is 5.30. The van der Waals surface area contributed by atoms with Gasteiger partial charge >= 0.3 is 6.09 Å². The number of carbonyl (C=O) groups is 2. The van der Waals surface area contributed by atoms with E-state index in [-0.39, 0.29) is 5.91 Å². The van der Waals surface area contributed by atoms with Gasteiger partial charge in [0.05, 0.1) is 0 Å². The summed E-state index contributed by atoms with van der Waals surface area (Å²) in [5.41, 5.74) is 0.825. The van der Waals surface area contributed by atoms with Crippen LogP contribution >= 0.6 is 15.9 Å². The molecule has 2 rings (SSSR count). The molecule has 124 valence electrons. The van der Waals surface area contributed by atoms with Gasteiger partial charge in [-0.3, -0.25) is 4.79 Å². The quantitative estimate of drug-likeness (QED) is 0.711. The Balaban J connectivity index is 1.83. The summed E-state index contributed by atoms with van der Waals surface area (Å²) < 4.78 is 6.04. The Bertz CT molecular complexity index is 719. The van der Waals surface area contributed by atoms with Crippen LogP contribution in [-0.4, -0.2) is 35.7 Å². The van der Waals surface area contributed by atoms with Crippen LogP contribution in [0.4, 0.5) is 4.79 Å². The van der Waals surface area contributed by atoms with Crippen LogP contribution < -0.4 is 10.6 Å². The fraction of sp³-hybridized carbons (Fsp3) is 0.375. The molecule has 2 aromatic rings. The minimum Gasteiger partial charge on any atom is -0.444 e. The van der Waals surface area contributed by atoms with E-state index in [1.807, 2.05) is 18.2 Å². The molecule has 0 atom stereocenters. The van der Waals surface area contributed by atoms with E-state index in [1.54, 1.807) is 26.8 Å². The smallest absolute Gasteiger partial charge is 0.407 e. The Morgan fingerprint density at radius 2 is 1.91 bits per heavy atom. The third kappa shape index (κ3) is 4.99. The van der Waals surface area contributed by atoms with Crippen LogP contribution in [0.3, 0.4) is 0 Å². The summed E-state index contributed by atoms with van der Waals surface area (Å²) in [6.07, 6.45) is -0.499. The molecule has 0 fully saturated rings. The number of nitrogens with one attached hydrogen (secondary N) is 3. The molecule has 1 aromatic carbocycles. The number of H-pyrrole nitrogens is 1. The molecule has 3 N–H and O–H groups in total. The van der Waals surface area contributed by atoms with Crippen LogP contribution in [0, 0.1) is 0 Å². The maximum atomic E-state index is 12.1. The fourth-order valence-electron chi connectivity index (χ4n) is 1.99. The standard InChI is InChI=1S/C16H20BrN3O3/c1-16(2,3)23-15(22)19-8-7-18-14(21)13-9-10-11(17)5-4-6-12(10)20-13/h4-6,9,20H,7-8H2,1-3H3,(H,18,21)(H,19,22). The lowest BCUT2D eigenvalue weighted by Gasteiger charge is -2.19. The number of aromatic nitrogens is 1. The monoisotopic (exact) mass is 381 g/mol. The Labute approximate surface area is 143 Å². The first-order valence-corrected chi connectivity index (χ1v) is 8.08. The molecule has 23 heavy (non-hydrogen) atoms. The molecule has 1 heterocycles. The van der Waals surface area contributed by atoms with E-state index < -0.39 is 11.7 Å². The van der Waals surface area contributed by atoms with Crippen LogP contribution in [-0.2, 0) is 4.74 Å². The molecule has 6 nitrogen and oxygen atoms in total. The third-order valence-corrected chi connectivity index (χ3v) is 3.63. The van der Waals surface area contributed by atoms with Crippen LogP contribution in [0.15, 0.2) is 28.7 Å². The van der Waals surface area contributed by atoms with E-state index in [1.165, 1.54) is 0 Å². The van der Waals surface area contributed by atoms with Crippen molar-refractivity contribution in [1.29, 1.82) is 0 Å². The van der Waals surface area contributed by atoms with Gasteiger partial charge in [-0.25, -0.2) is 4.79 Å². The van der Waals surface area contributed by atoms with Crippen molar-refractivity contribution in [2.24, 2.45) is 0 Å². The van der Waals surface area contributed by atoms with Crippen LogP contribution in [0.25, 0.3) is 10.9 Å². The highest BCUT2D eigenvalue weighted by molar-refractivity contribution is 9.10. The van der Waals surface area contributed by atoms with E-state index in [4.69, 9.17) is 4.74 Å². The van der Waals surface area contributed by atoms with Gasteiger partial charge in [-0.2, -0.15) is 0 Å². The van der Waals surface area contributed by atoms with Crippen molar-refractivity contribution in [3.63, 3.8) is 0 Å². The molecular formula is C16H20BrN3O3. The molecule has 0 bridgehead atoms. The summed E-state index contributed by atoms with van der Waals surface area (Å²) >= 11 is 3.45. The molecule has 7 heteroatoms. The van der Waals surface area contributed by atoms with Gasteiger partial charge in [0.15, 0.2) is 0 Å². The number of carbonyl (C=O) groups excluding carboxylic acids is 2. The molecule has 0 saturated carbocycles. The van der Waals surface area contributed by atoms with E-state index in [9.17, 15) is 9.59 Å². The first kappa shape index (κ1) is 17.3. The van der Waals surface area contributed by atoms with Crippen molar-refractivity contribution in [3.05, 3.63) is 34.4 Å². The number of rotatable bonds is 4. The largest absolute Gasteiger partial charge is 0.444 e. The Morgan fingerprint density at radius 1 is 1.22 bits per heavy atom. The first-order chi connectivity index (χ1) is 10.8. The van der Waals surface area contributed by atoms with Crippen molar-refractivity contribution >= 4 is 38.8 Å². The van der Waals surface area contributed by atoms with Gasteiger partial charge in [0.1, 0.15) is 11.3 Å². The molecule has 0 aliphatic rings. The first-order valence-electron chi connectivity index (χ1n) is 7.28. The van der Waals surface area contributed by atoms with Crippen molar-refractivity contribution < 1.29 is 14.3 Å². The van der Waals surface area contributed by atoms with Crippen molar-refractivity contribution in [3.8, 4) is 0 Å². The zero-order valence-corrected chi connectivity index (χ0v) is 14.9. The van der Waals surface area contributed by atoms with Crippen molar-refractivity contribution in [2.75, 3.05) is 13.1 Å². The lowest BCUT2D eigenvalue weighted by Crippen LogP contribution is -2.37. The van der Waals surface area contributed by atoms with E-state index in [2.05, 4.69) is 31.5 Å². The molecule has 0 saturated heterocycles. The number of aromatic amines is 1. The highest BCUT2D eigenvalue weighted by Crippen LogP contribution is 2.24. The van der Waals surface area contributed by atoms with E-state index in [0.29, 0.717) is 18.8 Å². The number of alkyl carbamates (subject to hydrolysis) is 1. The fourth-order valence-corrected chi connectivity index (χ4v) is 2.47. The number of benzene rings is 1. The summed E-state index contributed by atoms with van der Waals surface area (Å²) in [5, 5.41) is 6.28. The lowest BCUT2D eigenvalue weighted by atomic mass is 10.2. The number of amides is 2. The average molecular weight is 382 g/mol. The zero-order valence-electron chi connectivity index (χ0n) is 13.3. The molecule has 0 aliphatic carbocycles. The second-order valence-electron chi connectivity index (χ2n) is 6.07. The second kappa shape index (κ2) is 7.04. The number of hydrogen-bond acceptors (Lipinski definition) is 3. The highest BCUT2D eigenvalue weighted by Gasteiger charge is 2.15. The predicted molar refractivity (Wildman–Crippen MR) is 92.6 cm³/mol. The molecule has 0 unspecified atom stereocenters. The summed E-state index contributed by atoms with van der Waals surface area (Å²) in [4.78, 5) is 26.6. The number of hydrogen-bond donors (Lipinski definition) is 3. The molecule has 0 radical (unpaired) electrons. The maximum absolute atomic E-state index is 12.1. The Hall–Kier alpha value is -2.02. The maximum Gasteiger partial charge on any atom is 0.407 e. The topological polar surface area (TPSA) is 83.2 Å². The molecule has 1 aromatic heterocycles. The molecule has 2 amide bonds. The number of fused-ring (bicyclic) bond motifs is 1. The SMILES string of the molecule is CC(C)(C)OC(=O)NCCNC(=O)c1cc2c(Br)cccc2[nH]1. The van der Waals surface area contributed by atoms with Gasteiger partial charge < -0.3 is 20.4 Å². The second-order valence-corrected chi connectivity index (χ2v) is 6.92. The lowest BCUT2D eigenvalue weighted by molar-refractivity contribution is 0.0526. The Morgan fingerprint density at radius 3 is 2.57 bits per heavy atom. The van der Waals surface area contributed by atoms with Gasteiger partial charge in [0, 0.05) is 28.5 Å². The molecule has 0 spiro atoms. The predicted octanol–water partition coefficient (Wildman–Crippen LogP) is 3.18. The van der Waals surface area contributed by atoms with Gasteiger partial charge in [-0.05, 0) is 39.0 Å². The normalized spacial score (nSPS) is 11.3. The minimum atomic E-state index is -0.537. The van der Waals surface area contributed by atoms with Crippen LogP contribution in [0.5, 0.6) is 0 Å². The summed E-state index contributed by atoms with van der Waals surface area (Å²) in [7, 11) is 0. The zero-order chi connectivity index (χ0) is 17.0. The van der Waals surface area contributed by atoms with Crippen molar-refractivity contribution in [1.82, 2.24) is 15.6 Å². The number of halogens is 1. The van der Waals surface area contributed by atoms with E-state index >= 15 is 0 Å². The van der Waals surface area contributed by atoms with Gasteiger partial charge in [-0.15, -0.1) is 0 Å². The van der Waals surface area contributed by atoms with Gasteiger partial charge in [-0.1, -0.05) is 22.0 Å². The van der Waals surface area contributed by atoms with Crippen LogP contribution in [0.1, 0.15) is 31.3 Å². The minimum absolute atomic E-state index is 0.223. The average Bonchev–Trinajstić information content (AvgIpc) is 2.87. The van der Waals surface area contributed by atoms with Gasteiger partial charge in [0.2, 0.25) is 0 Å². The summed E-state index contributed by atoms with van der Waals surface area (Å²) in [6.45, 7) is 5.99. The highest BCUT2D eigenvalue weighted by atomic mass is 79.9. The molecular weight excluding hydrogens is 362 g/mol. The van der Waals surface area contributed by atoms with Crippen LogP contribution in [0.2, 0.25) is 0 Å². The van der Waals surface area contributed by atoms with Gasteiger partial charge in [0.25, 0.3) is 5.91 Å². The summed E-state index contributed by atoms with van der Waals surface area (Å²) in [5.74, 6) is -0.223.